The molecule has 1 atom stereocenters. The fraction of sp³-hybridized carbons (Fsp3) is 1.00. The average Bonchev–Trinajstić information content (AvgIpc) is 1.69. The maximum absolute atomic E-state index is 5.05. The molecule has 0 amide bonds. The van der Waals surface area contributed by atoms with Crippen LogP contribution in [0.3, 0.4) is 0 Å². The first-order chi connectivity index (χ1) is 3.41. The zero-order valence-corrected chi connectivity index (χ0v) is 6.37. The summed E-state index contributed by atoms with van der Waals surface area (Å²) in [6, 6.07) is 0. The Bertz CT molecular complexity index is 30.9. The third kappa shape index (κ3) is 6.74. The normalized spacial score (nSPS) is 11.1. The fourth-order valence-corrected chi connectivity index (χ4v) is 0.716. The molecule has 0 rings (SSSR count). The van der Waals surface area contributed by atoms with E-state index in [-0.39, 0.29) is 0 Å². The molecule has 0 bridgehead atoms. The van der Waals surface area contributed by atoms with Gasteiger partial charge in [0.1, 0.15) is 0 Å². The zero-order chi connectivity index (χ0) is 5.54. The molecule has 0 aliphatic carbocycles. The molecule has 0 fully saturated rings. The van der Waals surface area contributed by atoms with Crippen molar-refractivity contribution in [3.05, 3.63) is 0 Å². The first kappa shape index (κ1) is 7.74. The Morgan fingerprint density at radius 2 is 2.43 bits per heavy atom. The Morgan fingerprint density at radius 1 is 1.71 bits per heavy atom. The molecule has 0 saturated heterocycles. The van der Waals surface area contributed by atoms with Crippen molar-refractivity contribution in [3.63, 3.8) is 0 Å². The van der Waals surface area contributed by atoms with Crippen LogP contribution in [-0.2, 0) is 4.52 Å². The monoisotopic (exact) mass is 138 g/mol. The van der Waals surface area contributed by atoms with Crippen LogP contribution in [0.1, 0.15) is 6.42 Å². The first-order valence-corrected chi connectivity index (χ1v) is 4.35. The molecule has 0 aromatic carbocycles. The van der Waals surface area contributed by atoms with Gasteiger partial charge in [-0.15, -0.1) is 0 Å². The maximum Gasteiger partial charge on any atom is 0.0513 e. The van der Waals surface area contributed by atoms with Crippen molar-refractivity contribution in [2.24, 2.45) is 0 Å². The molecule has 0 heterocycles. The summed E-state index contributed by atoms with van der Waals surface area (Å²) in [6.45, 7) is 2.90. The number of hydrogen-bond donors (Lipinski definition) is 1. The lowest BCUT2D eigenvalue weighted by molar-refractivity contribution is 0.366. The van der Waals surface area contributed by atoms with Gasteiger partial charge in [-0.3, -0.25) is 0 Å². The second-order valence-electron chi connectivity index (χ2n) is 1.13. The highest BCUT2D eigenvalue weighted by Crippen LogP contribution is 2.03. The molecule has 7 heavy (non-hydrogen) atoms. The molecular weight excluding hydrogens is 127 g/mol. The van der Waals surface area contributed by atoms with Crippen LogP contribution in [0.5, 0.6) is 0 Å². The molecular formula is C4H11OPS. The van der Waals surface area contributed by atoms with E-state index in [1.807, 2.05) is 6.66 Å². The number of rotatable bonds is 4. The van der Waals surface area contributed by atoms with E-state index in [1.54, 1.807) is 0 Å². The Balaban J connectivity index is 2.45. The van der Waals surface area contributed by atoms with Crippen molar-refractivity contribution in [2.45, 2.75) is 6.42 Å². The van der Waals surface area contributed by atoms with Gasteiger partial charge in [0.25, 0.3) is 0 Å². The van der Waals surface area contributed by atoms with E-state index in [1.165, 1.54) is 0 Å². The quantitative estimate of drug-likeness (QED) is 0.352. The zero-order valence-electron chi connectivity index (χ0n) is 4.48. The highest BCUT2D eigenvalue weighted by molar-refractivity contribution is 7.80. The van der Waals surface area contributed by atoms with Gasteiger partial charge >= 0.3 is 0 Å². The van der Waals surface area contributed by atoms with Gasteiger partial charge in [0, 0.05) is 8.81 Å². The number of hydrogen-bond acceptors (Lipinski definition) is 2. The minimum atomic E-state index is 0.634. The average molecular weight is 138 g/mol. The van der Waals surface area contributed by atoms with Gasteiger partial charge in [-0.2, -0.15) is 12.6 Å². The minimum Gasteiger partial charge on any atom is -0.363 e. The van der Waals surface area contributed by atoms with Crippen LogP contribution in [0.15, 0.2) is 0 Å². The van der Waals surface area contributed by atoms with E-state index in [4.69, 9.17) is 4.52 Å². The summed E-state index contributed by atoms with van der Waals surface area (Å²) in [6.07, 6.45) is 1.07. The van der Waals surface area contributed by atoms with Gasteiger partial charge < -0.3 is 4.52 Å². The molecule has 44 valence electrons. The second-order valence-corrected chi connectivity index (χ2v) is 2.27. The van der Waals surface area contributed by atoms with Crippen LogP contribution >= 0.6 is 21.4 Å². The summed E-state index contributed by atoms with van der Waals surface area (Å²) in [5.41, 5.74) is 0. The molecule has 0 spiro atoms. The molecule has 0 radical (unpaired) electrons. The third-order valence-electron chi connectivity index (χ3n) is 0.549. The molecule has 1 unspecified atom stereocenters. The van der Waals surface area contributed by atoms with E-state index in [0.717, 1.165) is 18.8 Å². The molecule has 3 heteroatoms. The third-order valence-corrected chi connectivity index (χ3v) is 1.36. The van der Waals surface area contributed by atoms with Crippen molar-refractivity contribution in [1.82, 2.24) is 0 Å². The molecule has 0 aliphatic rings. The summed E-state index contributed by atoms with van der Waals surface area (Å²) in [4.78, 5) is 0. The number of thiol groups is 1. The molecule has 0 saturated carbocycles. The predicted molar refractivity (Wildman–Crippen MR) is 38.7 cm³/mol. The minimum absolute atomic E-state index is 0.634. The first-order valence-electron chi connectivity index (χ1n) is 2.31. The van der Waals surface area contributed by atoms with E-state index in [2.05, 4.69) is 12.6 Å². The summed E-state index contributed by atoms with van der Waals surface area (Å²) < 4.78 is 5.05. The lowest BCUT2D eigenvalue weighted by Gasteiger charge is -1.94. The molecule has 0 aliphatic heterocycles. The highest BCUT2D eigenvalue weighted by Gasteiger charge is 1.79. The summed E-state index contributed by atoms with van der Waals surface area (Å²) in [7, 11) is 0.634. The molecule has 0 aromatic heterocycles. The van der Waals surface area contributed by atoms with Crippen LogP contribution in [0.25, 0.3) is 0 Å². The Labute approximate surface area is 52.1 Å². The van der Waals surface area contributed by atoms with E-state index in [0.29, 0.717) is 8.81 Å². The fourth-order valence-electron chi connectivity index (χ4n) is 0.239. The SMILES string of the molecule is CPOCCCS. The van der Waals surface area contributed by atoms with E-state index < -0.39 is 0 Å². The van der Waals surface area contributed by atoms with E-state index in [9.17, 15) is 0 Å². The van der Waals surface area contributed by atoms with Crippen LogP contribution in [0.2, 0.25) is 0 Å². The predicted octanol–water partition coefficient (Wildman–Crippen LogP) is 1.55. The summed E-state index contributed by atoms with van der Waals surface area (Å²) in [5, 5.41) is 0. The molecule has 0 N–H and O–H groups in total. The van der Waals surface area contributed by atoms with Crippen LogP contribution in [0, 0.1) is 0 Å². The Hall–Kier alpha value is 0.740. The maximum atomic E-state index is 5.05. The Morgan fingerprint density at radius 3 is 2.86 bits per heavy atom. The van der Waals surface area contributed by atoms with Crippen molar-refractivity contribution in [2.75, 3.05) is 19.0 Å². The second kappa shape index (κ2) is 6.74. The summed E-state index contributed by atoms with van der Waals surface area (Å²) in [5.74, 6) is 0.935. The van der Waals surface area contributed by atoms with Crippen LogP contribution in [0.4, 0.5) is 0 Å². The molecule has 1 nitrogen and oxygen atoms in total. The smallest absolute Gasteiger partial charge is 0.0513 e. The van der Waals surface area contributed by atoms with Crippen molar-refractivity contribution in [3.8, 4) is 0 Å². The largest absolute Gasteiger partial charge is 0.363 e. The van der Waals surface area contributed by atoms with Crippen LogP contribution in [-0.4, -0.2) is 19.0 Å². The van der Waals surface area contributed by atoms with Crippen LogP contribution < -0.4 is 0 Å². The topological polar surface area (TPSA) is 9.23 Å². The van der Waals surface area contributed by atoms with Gasteiger partial charge in [0.2, 0.25) is 0 Å². The standard InChI is InChI=1S/C4H11OPS/c1-6-5-3-2-4-7/h6-7H,2-4H2,1H3. The van der Waals surface area contributed by atoms with Gasteiger partial charge in [-0.05, 0) is 18.8 Å². The van der Waals surface area contributed by atoms with Gasteiger partial charge in [0.15, 0.2) is 0 Å². The Kier molecular flexibility index (Phi) is 7.45. The highest BCUT2D eigenvalue weighted by atomic mass is 32.1. The van der Waals surface area contributed by atoms with E-state index >= 15 is 0 Å². The van der Waals surface area contributed by atoms with Crippen molar-refractivity contribution < 1.29 is 4.52 Å². The lowest BCUT2D eigenvalue weighted by atomic mass is 10.5. The molecule has 0 aromatic rings. The van der Waals surface area contributed by atoms with Gasteiger partial charge in [-0.1, -0.05) is 0 Å². The van der Waals surface area contributed by atoms with Gasteiger partial charge in [0.05, 0.1) is 6.61 Å². The van der Waals surface area contributed by atoms with Crippen molar-refractivity contribution in [1.29, 1.82) is 0 Å². The summed E-state index contributed by atoms with van der Waals surface area (Å²) >= 11 is 4.02. The van der Waals surface area contributed by atoms with Crippen molar-refractivity contribution >= 4 is 21.4 Å². The lowest BCUT2D eigenvalue weighted by Crippen LogP contribution is -1.84. The van der Waals surface area contributed by atoms with Gasteiger partial charge in [-0.25, -0.2) is 0 Å².